The molecule has 2 aromatic rings. The molecule has 1 saturated heterocycles. The van der Waals surface area contributed by atoms with Gasteiger partial charge in [-0.1, -0.05) is 61.5 Å². The molecule has 0 aromatic heterocycles. The Morgan fingerprint density at radius 3 is 2.37 bits per heavy atom. The second-order valence-electron chi connectivity index (χ2n) is 6.90. The Kier molecular flexibility index (Phi) is 7.05. The summed E-state index contributed by atoms with van der Waals surface area (Å²) in [4.78, 5) is 16.8. The van der Waals surface area contributed by atoms with Crippen molar-refractivity contribution in [3.8, 4) is 0 Å². The van der Waals surface area contributed by atoms with Gasteiger partial charge in [-0.3, -0.25) is 9.69 Å². The van der Waals surface area contributed by atoms with Crippen LogP contribution < -0.4 is 5.32 Å². The second kappa shape index (κ2) is 9.93. The van der Waals surface area contributed by atoms with Gasteiger partial charge in [-0.05, 0) is 29.7 Å². The molecule has 1 heterocycles. The summed E-state index contributed by atoms with van der Waals surface area (Å²) in [7, 11) is 0. The van der Waals surface area contributed by atoms with Crippen LogP contribution >= 0.6 is 0 Å². The number of amides is 1. The maximum Gasteiger partial charge on any atom is 0.241 e. The van der Waals surface area contributed by atoms with Gasteiger partial charge in [-0.15, -0.1) is 0 Å². The first-order valence-corrected chi connectivity index (χ1v) is 9.79. The Morgan fingerprint density at radius 1 is 1.00 bits per heavy atom. The maximum atomic E-state index is 12.4. The Balaban J connectivity index is 1.37. The molecule has 0 saturated carbocycles. The molecule has 2 aromatic carbocycles. The molecule has 0 bridgehead atoms. The molecule has 1 amide bonds. The van der Waals surface area contributed by atoms with Crippen molar-refractivity contribution in [2.24, 2.45) is 0 Å². The van der Waals surface area contributed by atoms with Gasteiger partial charge in [0.2, 0.25) is 5.91 Å². The van der Waals surface area contributed by atoms with Gasteiger partial charge in [0.1, 0.15) is 0 Å². The Morgan fingerprint density at radius 2 is 1.70 bits per heavy atom. The van der Waals surface area contributed by atoms with Crippen LogP contribution in [0.5, 0.6) is 0 Å². The van der Waals surface area contributed by atoms with Gasteiger partial charge in [0.25, 0.3) is 0 Å². The highest BCUT2D eigenvalue weighted by molar-refractivity contribution is 5.81. The third-order valence-corrected chi connectivity index (χ3v) is 5.00. The van der Waals surface area contributed by atoms with Crippen molar-refractivity contribution in [2.75, 3.05) is 44.6 Å². The highest BCUT2D eigenvalue weighted by atomic mass is 16.2. The molecule has 4 nitrogen and oxygen atoms in total. The highest BCUT2D eigenvalue weighted by Crippen LogP contribution is 2.10. The quantitative estimate of drug-likeness (QED) is 0.818. The average molecular weight is 364 g/mol. The fraction of sp³-hybridized carbons (Fsp3) is 0.348. The van der Waals surface area contributed by atoms with Crippen LogP contribution in [0.25, 0.3) is 6.08 Å². The maximum absolute atomic E-state index is 12.4. The van der Waals surface area contributed by atoms with Gasteiger partial charge < -0.3 is 10.2 Å². The van der Waals surface area contributed by atoms with Gasteiger partial charge >= 0.3 is 0 Å². The predicted octanol–water partition coefficient (Wildman–Crippen LogP) is 3.52. The molecule has 0 spiro atoms. The molecule has 1 aliphatic heterocycles. The number of carbonyl (C=O) groups excluding carboxylic acids is 1. The zero-order chi connectivity index (χ0) is 18.9. The van der Waals surface area contributed by atoms with E-state index in [-0.39, 0.29) is 5.91 Å². The number of carbonyl (C=O) groups is 1. The molecule has 1 N–H and O–H groups in total. The van der Waals surface area contributed by atoms with E-state index >= 15 is 0 Å². The van der Waals surface area contributed by atoms with Gasteiger partial charge in [0, 0.05) is 38.4 Å². The van der Waals surface area contributed by atoms with E-state index in [1.807, 2.05) is 23.1 Å². The number of anilines is 1. The van der Waals surface area contributed by atoms with E-state index in [4.69, 9.17) is 0 Å². The molecule has 0 unspecified atom stereocenters. The van der Waals surface area contributed by atoms with Crippen LogP contribution in [0, 0.1) is 0 Å². The van der Waals surface area contributed by atoms with Crippen molar-refractivity contribution in [3.05, 3.63) is 71.8 Å². The predicted molar refractivity (Wildman–Crippen MR) is 113 cm³/mol. The smallest absolute Gasteiger partial charge is 0.241 e. The van der Waals surface area contributed by atoms with Crippen molar-refractivity contribution >= 4 is 17.7 Å². The fourth-order valence-corrected chi connectivity index (χ4v) is 3.23. The lowest BCUT2D eigenvalue weighted by Crippen LogP contribution is -2.50. The lowest BCUT2D eigenvalue weighted by atomic mass is 10.1. The standard InChI is InChI=1S/C23H29N3O/c1-2-20-10-12-22(13-11-20)24-19-23(27)26-17-15-25(16-18-26)14-6-9-21-7-4-3-5-8-21/h3-13,24H,2,14-19H2,1H3/b9-6+. The molecule has 1 fully saturated rings. The number of rotatable bonds is 7. The number of aryl methyl sites for hydroxylation is 1. The number of benzene rings is 2. The van der Waals surface area contributed by atoms with Crippen molar-refractivity contribution in [1.82, 2.24) is 9.80 Å². The van der Waals surface area contributed by atoms with E-state index in [9.17, 15) is 4.79 Å². The summed E-state index contributed by atoms with van der Waals surface area (Å²) in [6.07, 6.45) is 5.39. The van der Waals surface area contributed by atoms with E-state index in [1.54, 1.807) is 0 Å². The molecular weight excluding hydrogens is 334 g/mol. The SMILES string of the molecule is CCc1ccc(NCC(=O)N2CCN(C/C=C/c3ccccc3)CC2)cc1. The summed E-state index contributed by atoms with van der Waals surface area (Å²) in [5.41, 5.74) is 3.54. The number of nitrogens with zero attached hydrogens (tertiary/aromatic N) is 2. The zero-order valence-corrected chi connectivity index (χ0v) is 16.1. The third-order valence-electron chi connectivity index (χ3n) is 5.00. The summed E-state index contributed by atoms with van der Waals surface area (Å²) >= 11 is 0. The van der Waals surface area contributed by atoms with Crippen LogP contribution in [-0.2, 0) is 11.2 Å². The molecule has 142 valence electrons. The first-order chi connectivity index (χ1) is 13.2. The van der Waals surface area contributed by atoms with Crippen LogP contribution in [0.3, 0.4) is 0 Å². The minimum absolute atomic E-state index is 0.175. The van der Waals surface area contributed by atoms with Crippen LogP contribution in [0.4, 0.5) is 5.69 Å². The van der Waals surface area contributed by atoms with E-state index in [0.29, 0.717) is 6.54 Å². The number of nitrogens with one attached hydrogen (secondary N) is 1. The number of hydrogen-bond donors (Lipinski definition) is 1. The van der Waals surface area contributed by atoms with Gasteiger partial charge in [0.15, 0.2) is 0 Å². The first kappa shape index (κ1) is 19.2. The van der Waals surface area contributed by atoms with Gasteiger partial charge in [-0.2, -0.15) is 0 Å². The Hall–Kier alpha value is -2.59. The van der Waals surface area contributed by atoms with Crippen LogP contribution in [0.2, 0.25) is 0 Å². The van der Waals surface area contributed by atoms with Gasteiger partial charge in [0.05, 0.1) is 6.54 Å². The molecule has 4 heteroatoms. The Bertz CT molecular complexity index is 732. The fourth-order valence-electron chi connectivity index (χ4n) is 3.23. The van der Waals surface area contributed by atoms with Crippen LogP contribution in [-0.4, -0.2) is 55.0 Å². The molecule has 1 aliphatic rings. The number of hydrogen-bond acceptors (Lipinski definition) is 3. The van der Waals surface area contributed by atoms with Crippen LogP contribution in [0.1, 0.15) is 18.1 Å². The lowest BCUT2D eigenvalue weighted by Gasteiger charge is -2.34. The molecule has 0 aliphatic carbocycles. The normalized spacial score (nSPS) is 15.2. The molecule has 0 radical (unpaired) electrons. The summed E-state index contributed by atoms with van der Waals surface area (Å²) in [6, 6.07) is 18.6. The van der Waals surface area contributed by atoms with Gasteiger partial charge in [-0.25, -0.2) is 0 Å². The van der Waals surface area contributed by atoms with E-state index < -0.39 is 0 Å². The number of piperazine rings is 1. The average Bonchev–Trinajstić information content (AvgIpc) is 2.73. The zero-order valence-electron chi connectivity index (χ0n) is 16.1. The molecular formula is C23H29N3O. The largest absolute Gasteiger partial charge is 0.376 e. The summed E-state index contributed by atoms with van der Waals surface area (Å²) in [6.45, 7) is 6.89. The van der Waals surface area contributed by atoms with Crippen LogP contribution in [0.15, 0.2) is 60.7 Å². The lowest BCUT2D eigenvalue weighted by molar-refractivity contribution is -0.130. The molecule has 0 atom stereocenters. The summed E-state index contributed by atoms with van der Waals surface area (Å²) < 4.78 is 0. The highest BCUT2D eigenvalue weighted by Gasteiger charge is 2.19. The minimum Gasteiger partial charge on any atom is -0.376 e. The minimum atomic E-state index is 0.175. The van der Waals surface area contributed by atoms with Crippen molar-refractivity contribution < 1.29 is 4.79 Å². The van der Waals surface area contributed by atoms with E-state index in [1.165, 1.54) is 11.1 Å². The molecule has 27 heavy (non-hydrogen) atoms. The van der Waals surface area contributed by atoms with Crippen molar-refractivity contribution in [3.63, 3.8) is 0 Å². The first-order valence-electron chi connectivity index (χ1n) is 9.79. The van der Waals surface area contributed by atoms with Crippen molar-refractivity contribution in [2.45, 2.75) is 13.3 Å². The monoisotopic (exact) mass is 363 g/mol. The second-order valence-corrected chi connectivity index (χ2v) is 6.90. The molecule has 3 rings (SSSR count). The Labute approximate surface area is 162 Å². The third kappa shape index (κ3) is 5.97. The van der Waals surface area contributed by atoms with Crippen molar-refractivity contribution in [1.29, 1.82) is 0 Å². The van der Waals surface area contributed by atoms with E-state index in [0.717, 1.165) is 44.8 Å². The topological polar surface area (TPSA) is 35.6 Å². The van der Waals surface area contributed by atoms with E-state index in [2.05, 4.69) is 65.7 Å². The summed E-state index contributed by atoms with van der Waals surface area (Å²) in [5.74, 6) is 0.175. The summed E-state index contributed by atoms with van der Waals surface area (Å²) in [5, 5.41) is 3.24.